The summed E-state index contributed by atoms with van der Waals surface area (Å²) >= 11 is 1.18. The zero-order valence-corrected chi connectivity index (χ0v) is 18.3. The number of rotatable bonds is 5. The van der Waals surface area contributed by atoms with E-state index in [0.29, 0.717) is 44.6 Å². The summed E-state index contributed by atoms with van der Waals surface area (Å²) in [5.41, 5.74) is 0.617. The lowest BCUT2D eigenvalue weighted by atomic mass is 10.0. The number of carbonyl (C=O) groups is 2. The van der Waals surface area contributed by atoms with Crippen LogP contribution in [-0.4, -0.2) is 61.7 Å². The maximum absolute atomic E-state index is 13.1. The van der Waals surface area contributed by atoms with Gasteiger partial charge in [-0.1, -0.05) is 18.2 Å². The van der Waals surface area contributed by atoms with Gasteiger partial charge in [-0.05, 0) is 49.3 Å². The van der Waals surface area contributed by atoms with Crippen molar-refractivity contribution in [2.45, 2.75) is 36.6 Å². The Morgan fingerprint density at radius 1 is 0.967 bits per heavy atom. The van der Waals surface area contributed by atoms with Crippen molar-refractivity contribution >= 4 is 33.2 Å². The van der Waals surface area contributed by atoms with Crippen molar-refractivity contribution in [2.24, 2.45) is 0 Å². The predicted octanol–water partition coefficient (Wildman–Crippen LogP) is 2.57. The number of benzene rings is 1. The standard InChI is InChI=1S/C21H25N3O4S2/c25-20(16-6-2-1-3-7-16)22-17-8-13-23(14-9-17)21(26)19-18(10-15-29-19)30(27,28)24-11-4-5-12-24/h1-3,6-7,10,15,17H,4-5,8-9,11-14H2,(H,22,25). The van der Waals surface area contributed by atoms with Crippen LogP contribution >= 0.6 is 11.3 Å². The summed E-state index contributed by atoms with van der Waals surface area (Å²) < 4.78 is 27.3. The number of thiophene rings is 1. The fourth-order valence-corrected chi connectivity index (χ4v) is 6.83. The van der Waals surface area contributed by atoms with Gasteiger partial charge in [0, 0.05) is 37.8 Å². The average Bonchev–Trinajstić information content (AvgIpc) is 3.47. The van der Waals surface area contributed by atoms with E-state index in [4.69, 9.17) is 0 Å². The third-order valence-corrected chi connectivity index (χ3v) is 8.63. The summed E-state index contributed by atoms with van der Waals surface area (Å²) in [4.78, 5) is 27.5. The van der Waals surface area contributed by atoms with Gasteiger partial charge in [-0.2, -0.15) is 4.31 Å². The van der Waals surface area contributed by atoms with Crippen LogP contribution in [0.5, 0.6) is 0 Å². The molecule has 3 heterocycles. The Balaban J connectivity index is 1.38. The van der Waals surface area contributed by atoms with Crippen LogP contribution in [0, 0.1) is 0 Å². The minimum atomic E-state index is -3.63. The van der Waals surface area contributed by atoms with Crippen molar-refractivity contribution in [3.8, 4) is 0 Å². The lowest BCUT2D eigenvalue weighted by Gasteiger charge is -2.32. The molecule has 2 saturated heterocycles. The Kier molecular flexibility index (Phi) is 6.21. The Labute approximate surface area is 180 Å². The van der Waals surface area contributed by atoms with Gasteiger partial charge in [0.2, 0.25) is 10.0 Å². The van der Waals surface area contributed by atoms with E-state index in [9.17, 15) is 18.0 Å². The molecule has 2 aliphatic heterocycles. The third-order valence-electron chi connectivity index (χ3n) is 5.66. The largest absolute Gasteiger partial charge is 0.349 e. The molecule has 1 N–H and O–H groups in total. The molecule has 2 fully saturated rings. The predicted molar refractivity (Wildman–Crippen MR) is 115 cm³/mol. The van der Waals surface area contributed by atoms with Crippen LogP contribution in [0.25, 0.3) is 0 Å². The highest BCUT2D eigenvalue weighted by Crippen LogP contribution is 2.29. The summed E-state index contributed by atoms with van der Waals surface area (Å²) in [6.45, 7) is 2.00. The minimum absolute atomic E-state index is 0.00195. The SMILES string of the molecule is O=C(NC1CCN(C(=O)c2sccc2S(=O)(=O)N2CCCC2)CC1)c1ccccc1. The first-order valence-electron chi connectivity index (χ1n) is 10.2. The maximum Gasteiger partial charge on any atom is 0.265 e. The zero-order valence-electron chi connectivity index (χ0n) is 16.6. The number of hydrogen-bond donors (Lipinski definition) is 1. The summed E-state index contributed by atoms with van der Waals surface area (Å²) in [5, 5.41) is 4.69. The van der Waals surface area contributed by atoms with Crippen LogP contribution in [0.3, 0.4) is 0 Å². The quantitative estimate of drug-likeness (QED) is 0.763. The second-order valence-electron chi connectivity index (χ2n) is 7.63. The highest BCUT2D eigenvalue weighted by atomic mass is 32.2. The number of likely N-dealkylation sites (tertiary alicyclic amines) is 1. The monoisotopic (exact) mass is 447 g/mol. The van der Waals surface area contributed by atoms with Gasteiger partial charge in [0.15, 0.2) is 0 Å². The molecule has 2 aliphatic rings. The third kappa shape index (κ3) is 4.28. The molecule has 0 unspecified atom stereocenters. The second-order valence-corrected chi connectivity index (χ2v) is 10.5. The molecular formula is C21H25N3O4S2. The first-order valence-corrected chi connectivity index (χ1v) is 12.5. The van der Waals surface area contributed by atoms with E-state index in [2.05, 4.69) is 5.32 Å². The molecule has 9 heteroatoms. The Morgan fingerprint density at radius 3 is 2.30 bits per heavy atom. The normalized spacial score (nSPS) is 18.5. The van der Waals surface area contributed by atoms with Gasteiger partial charge in [0.1, 0.15) is 9.77 Å². The summed E-state index contributed by atoms with van der Waals surface area (Å²) in [5.74, 6) is -0.353. The first-order chi connectivity index (χ1) is 14.5. The number of nitrogens with zero attached hydrogens (tertiary/aromatic N) is 2. The second kappa shape index (κ2) is 8.87. The molecule has 1 aromatic carbocycles. The van der Waals surface area contributed by atoms with Gasteiger partial charge in [-0.15, -0.1) is 11.3 Å². The van der Waals surface area contributed by atoms with Crippen LogP contribution in [0.1, 0.15) is 45.7 Å². The molecule has 4 rings (SSSR count). The van der Waals surface area contributed by atoms with Gasteiger partial charge in [0.25, 0.3) is 11.8 Å². The van der Waals surface area contributed by atoms with Crippen LogP contribution in [0.2, 0.25) is 0 Å². The first kappa shape index (κ1) is 21.0. The molecule has 1 aromatic heterocycles. The fourth-order valence-electron chi connectivity index (χ4n) is 3.95. The molecule has 0 bridgehead atoms. The molecule has 0 radical (unpaired) electrons. The van der Waals surface area contributed by atoms with Crippen molar-refractivity contribution in [2.75, 3.05) is 26.2 Å². The molecule has 0 aliphatic carbocycles. The highest BCUT2D eigenvalue weighted by molar-refractivity contribution is 7.89. The van der Waals surface area contributed by atoms with Crippen molar-refractivity contribution < 1.29 is 18.0 Å². The van der Waals surface area contributed by atoms with Crippen molar-refractivity contribution in [1.82, 2.24) is 14.5 Å². The van der Waals surface area contributed by atoms with Crippen LogP contribution in [-0.2, 0) is 10.0 Å². The summed E-state index contributed by atoms with van der Waals surface area (Å²) in [6.07, 6.45) is 3.00. The van der Waals surface area contributed by atoms with Crippen LogP contribution in [0.15, 0.2) is 46.7 Å². The maximum atomic E-state index is 13.1. The van der Waals surface area contributed by atoms with E-state index in [0.717, 1.165) is 12.8 Å². The molecular weight excluding hydrogens is 422 g/mol. The molecule has 2 aromatic rings. The van der Waals surface area contributed by atoms with E-state index in [-0.39, 0.29) is 27.6 Å². The van der Waals surface area contributed by atoms with E-state index in [1.165, 1.54) is 15.6 Å². The molecule has 0 saturated carbocycles. The number of nitrogens with one attached hydrogen (secondary N) is 1. The molecule has 30 heavy (non-hydrogen) atoms. The van der Waals surface area contributed by atoms with Gasteiger partial charge in [0.05, 0.1) is 0 Å². The van der Waals surface area contributed by atoms with Crippen molar-refractivity contribution in [1.29, 1.82) is 0 Å². The Morgan fingerprint density at radius 2 is 1.63 bits per heavy atom. The van der Waals surface area contributed by atoms with Gasteiger partial charge in [-0.3, -0.25) is 9.59 Å². The van der Waals surface area contributed by atoms with Gasteiger partial charge in [-0.25, -0.2) is 8.42 Å². The van der Waals surface area contributed by atoms with Crippen LogP contribution < -0.4 is 5.32 Å². The lowest BCUT2D eigenvalue weighted by Crippen LogP contribution is -2.46. The van der Waals surface area contributed by atoms with E-state index >= 15 is 0 Å². The smallest absolute Gasteiger partial charge is 0.265 e. The summed E-state index contributed by atoms with van der Waals surface area (Å²) in [6, 6.07) is 10.6. The van der Waals surface area contributed by atoms with Gasteiger partial charge >= 0.3 is 0 Å². The fraction of sp³-hybridized carbons (Fsp3) is 0.429. The van der Waals surface area contributed by atoms with Crippen LogP contribution in [0.4, 0.5) is 0 Å². The minimum Gasteiger partial charge on any atom is -0.349 e. The van der Waals surface area contributed by atoms with E-state index in [1.54, 1.807) is 28.5 Å². The number of carbonyl (C=O) groups excluding carboxylic acids is 2. The number of hydrogen-bond acceptors (Lipinski definition) is 5. The van der Waals surface area contributed by atoms with Gasteiger partial charge < -0.3 is 10.2 Å². The molecule has 0 spiro atoms. The van der Waals surface area contributed by atoms with E-state index < -0.39 is 10.0 Å². The lowest BCUT2D eigenvalue weighted by molar-refractivity contribution is 0.0699. The van der Waals surface area contributed by atoms with Crippen molar-refractivity contribution in [3.63, 3.8) is 0 Å². The number of piperidine rings is 1. The molecule has 2 amide bonds. The molecule has 160 valence electrons. The Bertz CT molecular complexity index is 1010. The van der Waals surface area contributed by atoms with E-state index in [1.807, 2.05) is 18.2 Å². The number of sulfonamides is 1. The average molecular weight is 448 g/mol. The highest BCUT2D eigenvalue weighted by Gasteiger charge is 2.34. The van der Waals surface area contributed by atoms with Crippen molar-refractivity contribution in [3.05, 3.63) is 52.2 Å². The number of amides is 2. The summed E-state index contributed by atoms with van der Waals surface area (Å²) in [7, 11) is -3.63. The Hall–Kier alpha value is -2.23. The molecule has 0 atom stereocenters. The zero-order chi connectivity index (χ0) is 21.1. The topological polar surface area (TPSA) is 86.8 Å². The molecule has 7 nitrogen and oxygen atoms in total.